The Kier molecular flexibility index (Phi) is 4.03. The highest BCUT2D eigenvalue weighted by atomic mass is 16.2. The summed E-state index contributed by atoms with van der Waals surface area (Å²) in [7, 11) is 1.65. The summed E-state index contributed by atoms with van der Waals surface area (Å²) in [5.41, 5.74) is 2.10. The van der Waals surface area contributed by atoms with Crippen LogP contribution in [0.4, 0.5) is 5.69 Å². The van der Waals surface area contributed by atoms with Gasteiger partial charge >= 0.3 is 0 Å². The molecule has 1 N–H and O–H groups in total. The maximum absolute atomic E-state index is 12.0. The van der Waals surface area contributed by atoms with Crippen molar-refractivity contribution in [3.05, 3.63) is 64.1 Å². The van der Waals surface area contributed by atoms with E-state index in [9.17, 15) is 9.59 Å². The van der Waals surface area contributed by atoms with Crippen LogP contribution in [0.25, 0.3) is 0 Å². The standard InChI is InChI=1S/C16H18N2O2/c1-11(2)12-4-6-14(7-5-12)17-16(20)13-8-9-18(3)15(19)10-13/h4-11H,1-3H3,(H,17,20). The van der Waals surface area contributed by atoms with E-state index >= 15 is 0 Å². The largest absolute Gasteiger partial charge is 0.322 e. The molecule has 0 saturated carbocycles. The average Bonchev–Trinajstić information content (AvgIpc) is 2.42. The second-order valence-corrected chi connectivity index (χ2v) is 5.10. The minimum Gasteiger partial charge on any atom is -0.322 e. The molecule has 0 atom stereocenters. The van der Waals surface area contributed by atoms with Crippen LogP contribution in [0.5, 0.6) is 0 Å². The highest BCUT2D eigenvalue weighted by Gasteiger charge is 2.07. The third-order valence-electron chi connectivity index (χ3n) is 3.20. The monoisotopic (exact) mass is 270 g/mol. The van der Waals surface area contributed by atoms with Crippen LogP contribution in [0.1, 0.15) is 35.7 Å². The molecule has 0 unspecified atom stereocenters. The fourth-order valence-electron chi connectivity index (χ4n) is 1.84. The number of carbonyl (C=O) groups excluding carboxylic acids is 1. The summed E-state index contributed by atoms with van der Waals surface area (Å²) in [6, 6.07) is 10.7. The first kappa shape index (κ1) is 14.1. The van der Waals surface area contributed by atoms with Gasteiger partial charge in [0.05, 0.1) is 0 Å². The van der Waals surface area contributed by atoms with Gasteiger partial charge in [-0.25, -0.2) is 0 Å². The number of benzene rings is 1. The first-order chi connectivity index (χ1) is 9.47. The average molecular weight is 270 g/mol. The number of hydrogen-bond acceptors (Lipinski definition) is 2. The summed E-state index contributed by atoms with van der Waals surface area (Å²) in [5.74, 6) is 0.178. The van der Waals surface area contributed by atoms with Crippen LogP contribution in [-0.4, -0.2) is 10.5 Å². The second-order valence-electron chi connectivity index (χ2n) is 5.10. The molecule has 1 aromatic heterocycles. The third kappa shape index (κ3) is 3.15. The first-order valence-electron chi connectivity index (χ1n) is 6.55. The van der Waals surface area contributed by atoms with Crippen molar-refractivity contribution in [1.29, 1.82) is 0 Å². The molecule has 1 amide bonds. The van der Waals surface area contributed by atoms with Crippen LogP contribution in [-0.2, 0) is 7.05 Å². The molecule has 2 aromatic rings. The number of hydrogen-bond donors (Lipinski definition) is 1. The van der Waals surface area contributed by atoms with E-state index in [0.717, 1.165) is 5.69 Å². The van der Waals surface area contributed by atoms with Gasteiger partial charge < -0.3 is 9.88 Å². The lowest BCUT2D eigenvalue weighted by atomic mass is 10.0. The van der Waals surface area contributed by atoms with Crippen LogP contribution >= 0.6 is 0 Å². The van der Waals surface area contributed by atoms with Crippen molar-refractivity contribution in [1.82, 2.24) is 4.57 Å². The molecule has 0 radical (unpaired) electrons. The molecule has 4 heteroatoms. The molecule has 104 valence electrons. The fourth-order valence-corrected chi connectivity index (χ4v) is 1.84. The van der Waals surface area contributed by atoms with Crippen molar-refractivity contribution in [3.63, 3.8) is 0 Å². The Bertz CT molecular complexity index is 670. The number of aromatic nitrogens is 1. The summed E-state index contributed by atoms with van der Waals surface area (Å²) < 4.78 is 1.42. The maximum atomic E-state index is 12.0. The van der Waals surface area contributed by atoms with Gasteiger partial charge in [-0.05, 0) is 29.7 Å². The van der Waals surface area contributed by atoms with Crippen LogP contribution in [0, 0.1) is 0 Å². The lowest BCUT2D eigenvalue weighted by Gasteiger charge is -2.08. The lowest BCUT2D eigenvalue weighted by Crippen LogP contribution is -2.19. The van der Waals surface area contributed by atoms with Crippen LogP contribution in [0.3, 0.4) is 0 Å². The van der Waals surface area contributed by atoms with Crippen LogP contribution in [0.2, 0.25) is 0 Å². The Morgan fingerprint density at radius 2 is 1.80 bits per heavy atom. The van der Waals surface area contributed by atoms with Gasteiger partial charge in [-0.15, -0.1) is 0 Å². The fraction of sp³-hybridized carbons (Fsp3) is 0.250. The number of anilines is 1. The number of amides is 1. The van der Waals surface area contributed by atoms with Gasteiger partial charge in [-0.1, -0.05) is 26.0 Å². The predicted molar refractivity (Wildman–Crippen MR) is 80.2 cm³/mol. The Hall–Kier alpha value is -2.36. The van der Waals surface area contributed by atoms with Gasteiger partial charge in [0.25, 0.3) is 11.5 Å². The number of rotatable bonds is 3. The Balaban J connectivity index is 2.14. The molecule has 4 nitrogen and oxygen atoms in total. The van der Waals surface area contributed by atoms with E-state index in [-0.39, 0.29) is 11.5 Å². The predicted octanol–water partition coefficient (Wildman–Crippen LogP) is 2.76. The molecule has 1 heterocycles. The van der Waals surface area contributed by atoms with Crippen molar-refractivity contribution in [2.45, 2.75) is 19.8 Å². The summed E-state index contributed by atoms with van der Waals surface area (Å²) in [4.78, 5) is 23.5. The van der Waals surface area contributed by atoms with Crippen molar-refractivity contribution >= 4 is 11.6 Å². The van der Waals surface area contributed by atoms with E-state index < -0.39 is 0 Å². The zero-order chi connectivity index (χ0) is 14.7. The highest BCUT2D eigenvalue weighted by Crippen LogP contribution is 2.17. The van der Waals surface area contributed by atoms with E-state index in [2.05, 4.69) is 19.2 Å². The molecule has 20 heavy (non-hydrogen) atoms. The van der Waals surface area contributed by atoms with E-state index in [1.165, 1.54) is 16.2 Å². The quantitative estimate of drug-likeness (QED) is 0.932. The zero-order valence-corrected chi connectivity index (χ0v) is 11.9. The molecule has 1 aromatic carbocycles. The topological polar surface area (TPSA) is 51.1 Å². The molecular weight excluding hydrogens is 252 g/mol. The molecule has 0 spiro atoms. The van der Waals surface area contributed by atoms with Crippen LogP contribution < -0.4 is 10.9 Å². The minimum atomic E-state index is -0.278. The molecule has 2 rings (SSSR count). The summed E-state index contributed by atoms with van der Waals surface area (Å²) >= 11 is 0. The SMILES string of the molecule is CC(C)c1ccc(NC(=O)c2ccn(C)c(=O)c2)cc1. The van der Waals surface area contributed by atoms with Crippen molar-refractivity contribution in [2.24, 2.45) is 7.05 Å². The normalized spacial score (nSPS) is 10.6. The van der Waals surface area contributed by atoms with Gasteiger partial charge in [-0.3, -0.25) is 9.59 Å². The summed E-state index contributed by atoms with van der Waals surface area (Å²) in [6.07, 6.45) is 1.58. The molecular formula is C16H18N2O2. The van der Waals surface area contributed by atoms with Gasteiger partial charge in [0.15, 0.2) is 0 Å². The second kappa shape index (κ2) is 5.74. The highest BCUT2D eigenvalue weighted by molar-refractivity contribution is 6.04. The summed E-state index contributed by atoms with van der Waals surface area (Å²) in [6.45, 7) is 4.24. The number of nitrogens with one attached hydrogen (secondary N) is 1. The zero-order valence-electron chi connectivity index (χ0n) is 11.9. The molecule has 0 bridgehead atoms. The third-order valence-corrected chi connectivity index (χ3v) is 3.20. The molecule has 0 aliphatic heterocycles. The number of nitrogens with zero attached hydrogens (tertiary/aromatic N) is 1. The Morgan fingerprint density at radius 3 is 2.35 bits per heavy atom. The molecule has 0 fully saturated rings. The van der Waals surface area contributed by atoms with E-state index in [0.29, 0.717) is 11.5 Å². The number of pyridine rings is 1. The van der Waals surface area contributed by atoms with E-state index in [1.54, 1.807) is 19.3 Å². The van der Waals surface area contributed by atoms with Gasteiger partial charge in [0.1, 0.15) is 0 Å². The van der Waals surface area contributed by atoms with E-state index in [4.69, 9.17) is 0 Å². The minimum absolute atomic E-state index is 0.201. The van der Waals surface area contributed by atoms with Gasteiger partial charge in [-0.2, -0.15) is 0 Å². The van der Waals surface area contributed by atoms with Crippen molar-refractivity contribution < 1.29 is 4.79 Å². The van der Waals surface area contributed by atoms with E-state index in [1.807, 2.05) is 24.3 Å². The Labute approximate surface area is 118 Å². The van der Waals surface area contributed by atoms with Crippen molar-refractivity contribution in [3.8, 4) is 0 Å². The Morgan fingerprint density at radius 1 is 1.15 bits per heavy atom. The lowest BCUT2D eigenvalue weighted by molar-refractivity contribution is 0.102. The van der Waals surface area contributed by atoms with Gasteiger partial charge in [0.2, 0.25) is 0 Å². The van der Waals surface area contributed by atoms with Crippen molar-refractivity contribution in [2.75, 3.05) is 5.32 Å². The van der Waals surface area contributed by atoms with Crippen LogP contribution in [0.15, 0.2) is 47.4 Å². The number of carbonyl (C=O) groups is 1. The molecule has 0 aliphatic carbocycles. The number of aryl methyl sites for hydroxylation is 1. The molecule has 0 aliphatic rings. The maximum Gasteiger partial charge on any atom is 0.255 e. The smallest absolute Gasteiger partial charge is 0.255 e. The van der Waals surface area contributed by atoms with Gasteiger partial charge in [0, 0.05) is 30.6 Å². The first-order valence-corrected chi connectivity index (χ1v) is 6.55. The molecule has 0 saturated heterocycles. The summed E-state index contributed by atoms with van der Waals surface area (Å²) in [5, 5.41) is 2.78.